The third kappa shape index (κ3) is 3.10. The number of rotatable bonds is 4. The minimum absolute atomic E-state index is 0.221. The molecular weight excluding hydrogens is 150 g/mol. The lowest BCUT2D eigenvalue weighted by molar-refractivity contribution is 0.395. The van der Waals surface area contributed by atoms with Crippen molar-refractivity contribution in [3.8, 4) is 0 Å². The van der Waals surface area contributed by atoms with Gasteiger partial charge in [0.2, 0.25) is 0 Å². The Labute approximate surface area is 72.5 Å². The topological polar surface area (TPSA) is 32.3 Å². The molecular formula is C10H13NO. The van der Waals surface area contributed by atoms with Crippen LogP contribution in [0.2, 0.25) is 0 Å². The first kappa shape index (κ1) is 8.65. The predicted molar refractivity (Wildman–Crippen MR) is 51.3 cm³/mol. The SMILES string of the molecule is C=C(O)CCNc1ccccc1. The van der Waals surface area contributed by atoms with Crippen LogP contribution in [0.5, 0.6) is 0 Å². The monoisotopic (exact) mass is 163 g/mol. The molecule has 0 saturated heterocycles. The van der Waals surface area contributed by atoms with E-state index in [1.807, 2.05) is 30.3 Å². The van der Waals surface area contributed by atoms with Crippen molar-refractivity contribution in [2.75, 3.05) is 11.9 Å². The highest BCUT2D eigenvalue weighted by atomic mass is 16.3. The van der Waals surface area contributed by atoms with Crippen molar-refractivity contribution in [1.29, 1.82) is 0 Å². The number of benzene rings is 1. The van der Waals surface area contributed by atoms with Gasteiger partial charge in [-0.25, -0.2) is 0 Å². The van der Waals surface area contributed by atoms with E-state index in [9.17, 15) is 0 Å². The van der Waals surface area contributed by atoms with Gasteiger partial charge in [-0.1, -0.05) is 24.8 Å². The third-order valence-electron chi connectivity index (χ3n) is 1.52. The zero-order valence-corrected chi connectivity index (χ0v) is 6.96. The number of hydrogen-bond donors (Lipinski definition) is 2. The summed E-state index contributed by atoms with van der Waals surface area (Å²) in [4.78, 5) is 0. The van der Waals surface area contributed by atoms with Gasteiger partial charge in [-0.05, 0) is 12.1 Å². The van der Waals surface area contributed by atoms with Gasteiger partial charge in [-0.15, -0.1) is 0 Å². The van der Waals surface area contributed by atoms with Gasteiger partial charge in [0.1, 0.15) is 0 Å². The summed E-state index contributed by atoms with van der Waals surface area (Å²) < 4.78 is 0. The van der Waals surface area contributed by atoms with Crippen molar-refractivity contribution in [3.63, 3.8) is 0 Å². The molecule has 0 unspecified atom stereocenters. The number of hydrogen-bond acceptors (Lipinski definition) is 2. The summed E-state index contributed by atoms with van der Waals surface area (Å²) in [5.74, 6) is 0.221. The Kier molecular flexibility index (Phi) is 3.20. The van der Waals surface area contributed by atoms with Gasteiger partial charge in [0.15, 0.2) is 0 Å². The molecule has 0 aliphatic rings. The van der Waals surface area contributed by atoms with Crippen LogP contribution in [0.4, 0.5) is 5.69 Å². The lowest BCUT2D eigenvalue weighted by atomic mass is 10.3. The van der Waals surface area contributed by atoms with Crippen LogP contribution in [0.15, 0.2) is 42.7 Å². The number of aliphatic hydroxyl groups excluding tert-OH is 1. The first-order chi connectivity index (χ1) is 5.79. The summed E-state index contributed by atoms with van der Waals surface area (Å²) in [5, 5.41) is 12.0. The van der Waals surface area contributed by atoms with E-state index in [1.54, 1.807) is 0 Å². The summed E-state index contributed by atoms with van der Waals surface area (Å²) in [5.41, 5.74) is 1.07. The molecule has 0 atom stereocenters. The van der Waals surface area contributed by atoms with Crippen LogP contribution in [0.3, 0.4) is 0 Å². The zero-order chi connectivity index (χ0) is 8.81. The summed E-state index contributed by atoms with van der Waals surface area (Å²) in [7, 11) is 0. The van der Waals surface area contributed by atoms with Gasteiger partial charge >= 0.3 is 0 Å². The minimum Gasteiger partial charge on any atom is -0.513 e. The van der Waals surface area contributed by atoms with E-state index in [-0.39, 0.29) is 5.76 Å². The van der Waals surface area contributed by atoms with Crippen molar-refractivity contribution in [3.05, 3.63) is 42.7 Å². The Balaban J connectivity index is 2.29. The summed E-state index contributed by atoms with van der Waals surface area (Å²) >= 11 is 0. The van der Waals surface area contributed by atoms with E-state index in [1.165, 1.54) is 0 Å². The highest BCUT2D eigenvalue weighted by Gasteiger charge is 1.90. The van der Waals surface area contributed by atoms with Crippen molar-refractivity contribution in [2.24, 2.45) is 0 Å². The van der Waals surface area contributed by atoms with Crippen molar-refractivity contribution < 1.29 is 5.11 Å². The zero-order valence-electron chi connectivity index (χ0n) is 6.96. The minimum atomic E-state index is 0.221. The molecule has 1 aromatic carbocycles. The van der Waals surface area contributed by atoms with Crippen molar-refractivity contribution >= 4 is 5.69 Å². The van der Waals surface area contributed by atoms with Gasteiger partial charge in [0.05, 0.1) is 5.76 Å². The van der Waals surface area contributed by atoms with E-state index >= 15 is 0 Å². The molecule has 0 aliphatic carbocycles. The Morgan fingerprint density at radius 2 is 2.00 bits per heavy atom. The second-order valence-corrected chi connectivity index (χ2v) is 2.61. The molecule has 0 aromatic heterocycles. The van der Waals surface area contributed by atoms with Crippen LogP contribution in [0, 0.1) is 0 Å². The van der Waals surface area contributed by atoms with E-state index < -0.39 is 0 Å². The lowest BCUT2D eigenvalue weighted by Gasteiger charge is -2.04. The maximum Gasteiger partial charge on any atom is 0.0868 e. The van der Waals surface area contributed by atoms with Gasteiger partial charge < -0.3 is 10.4 Å². The quantitative estimate of drug-likeness (QED) is 0.668. The van der Waals surface area contributed by atoms with Gasteiger partial charge in [-0.3, -0.25) is 0 Å². The lowest BCUT2D eigenvalue weighted by Crippen LogP contribution is -2.01. The van der Waals surface area contributed by atoms with Gasteiger partial charge in [0, 0.05) is 18.7 Å². The van der Waals surface area contributed by atoms with E-state index in [4.69, 9.17) is 5.11 Å². The van der Waals surface area contributed by atoms with Crippen LogP contribution >= 0.6 is 0 Å². The molecule has 0 spiro atoms. The summed E-state index contributed by atoms with van der Waals surface area (Å²) in [6, 6.07) is 9.88. The standard InChI is InChI=1S/C10H13NO/c1-9(12)7-8-11-10-5-3-2-4-6-10/h2-6,11-12H,1,7-8H2. The first-order valence-corrected chi connectivity index (χ1v) is 3.94. The first-order valence-electron chi connectivity index (χ1n) is 3.94. The fraction of sp³-hybridized carbons (Fsp3) is 0.200. The molecule has 64 valence electrons. The van der Waals surface area contributed by atoms with Crippen LogP contribution in [-0.4, -0.2) is 11.7 Å². The Morgan fingerprint density at radius 3 is 2.58 bits per heavy atom. The van der Waals surface area contributed by atoms with Crippen molar-refractivity contribution in [2.45, 2.75) is 6.42 Å². The third-order valence-corrected chi connectivity index (χ3v) is 1.52. The number of nitrogens with one attached hydrogen (secondary N) is 1. The molecule has 1 aromatic rings. The normalized spacial score (nSPS) is 9.33. The van der Waals surface area contributed by atoms with Gasteiger partial charge in [-0.2, -0.15) is 0 Å². The van der Waals surface area contributed by atoms with E-state index in [2.05, 4.69) is 11.9 Å². The molecule has 0 fully saturated rings. The smallest absolute Gasteiger partial charge is 0.0868 e. The second-order valence-electron chi connectivity index (χ2n) is 2.61. The molecule has 2 heteroatoms. The number of aliphatic hydroxyl groups is 1. The van der Waals surface area contributed by atoms with Crippen LogP contribution in [0.1, 0.15) is 6.42 Å². The van der Waals surface area contributed by atoms with Crippen LogP contribution in [0.25, 0.3) is 0 Å². The highest BCUT2D eigenvalue weighted by molar-refractivity contribution is 5.42. The molecule has 2 N–H and O–H groups in total. The maximum atomic E-state index is 8.80. The predicted octanol–water partition coefficient (Wildman–Crippen LogP) is 2.56. The summed E-state index contributed by atoms with van der Waals surface area (Å²) in [6.45, 7) is 4.12. The molecule has 0 radical (unpaired) electrons. The molecule has 0 aliphatic heterocycles. The number of para-hydroxylation sites is 1. The fourth-order valence-electron chi connectivity index (χ4n) is 0.907. The largest absolute Gasteiger partial charge is 0.513 e. The molecule has 1 rings (SSSR count). The Morgan fingerprint density at radius 1 is 1.33 bits per heavy atom. The number of anilines is 1. The van der Waals surface area contributed by atoms with E-state index in [0.29, 0.717) is 6.42 Å². The Hall–Kier alpha value is -1.44. The molecule has 12 heavy (non-hydrogen) atoms. The highest BCUT2D eigenvalue weighted by Crippen LogP contribution is 2.05. The van der Waals surface area contributed by atoms with Crippen LogP contribution < -0.4 is 5.32 Å². The second kappa shape index (κ2) is 4.44. The average molecular weight is 163 g/mol. The Bertz CT molecular complexity index is 243. The fourth-order valence-corrected chi connectivity index (χ4v) is 0.907. The molecule has 0 bridgehead atoms. The molecule has 2 nitrogen and oxygen atoms in total. The average Bonchev–Trinajstić information content (AvgIpc) is 2.05. The molecule has 0 saturated carbocycles. The summed E-state index contributed by atoms with van der Waals surface area (Å²) in [6.07, 6.45) is 0.592. The van der Waals surface area contributed by atoms with Crippen molar-refractivity contribution in [1.82, 2.24) is 0 Å². The van der Waals surface area contributed by atoms with Gasteiger partial charge in [0.25, 0.3) is 0 Å². The molecule has 0 heterocycles. The van der Waals surface area contributed by atoms with E-state index in [0.717, 1.165) is 12.2 Å². The maximum absolute atomic E-state index is 8.80. The molecule has 0 amide bonds. The van der Waals surface area contributed by atoms with Crippen LogP contribution in [-0.2, 0) is 0 Å².